The summed E-state index contributed by atoms with van der Waals surface area (Å²) < 4.78 is 34.1. The molecule has 0 saturated heterocycles. The fourth-order valence-electron chi connectivity index (χ4n) is 7.30. The third kappa shape index (κ3) is 59.1. The van der Waals surface area contributed by atoms with Crippen molar-refractivity contribution >= 4 is 19.8 Å². The lowest BCUT2D eigenvalue weighted by Crippen LogP contribution is -2.37. The average Bonchev–Trinajstić information content (AvgIpc) is 3.38. The third-order valence-corrected chi connectivity index (χ3v) is 12.8. The number of nitrogens with zero attached hydrogens (tertiary/aromatic N) is 1. The average molecular weight is 1070 g/mol. The number of hydrogen-bond acceptors (Lipinski definition) is 8. The molecule has 0 N–H and O–H groups in total. The first kappa shape index (κ1) is 71.9. The molecule has 0 heterocycles. The van der Waals surface area contributed by atoms with Crippen LogP contribution in [0.15, 0.2) is 146 Å². The molecule has 0 amide bonds. The number of carbonyl (C=O) groups excluding carboxylic acids is 2. The minimum Gasteiger partial charge on any atom is -0.756 e. The van der Waals surface area contributed by atoms with E-state index in [2.05, 4.69) is 160 Å². The molecule has 76 heavy (non-hydrogen) atoms. The van der Waals surface area contributed by atoms with Crippen molar-refractivity contribution in [2.75, 3.05) is 47.5 Å². The second kappa shape index (κ2) is 55.6. The largest absolute Gasteiger partial charge is 0.756 e. The molecular weight excluding hydrogens is 966 g/mol. The Bertz CT molecular complexity index is 1790. The van der Waals surface area contributed by atoms with E-state index >= 15 is 0 Å². The molecule has 0 aliphatic rings. The Labute approximate surface area is 465 Å². The topological polar surface area (TPSA) is 111 Å². The van der Waals surface area contributed by atoms with Crippen molar-refractivity contribution in [3.63, 3.8) is 0 Å². The molecule has 0 aromatic carbocycles. The van der Waals surface area contributed by atoms with Crippen molar-refractivity contribution in [2.45, 2.75) is 213 Å². The SMILES string of the molecule is CC/C=C\C/C=C\C/C=C\C/C=C\C/C=C\C/C=C\C/C=C\C/C=C\C/C=C\CCCCCCCC(=O)OC(COC(=O)CCCCCCCC/C=C\C/C=C\C/C=C\CCCCC)COP(=O)([O-])OCC[N+](C)(C)C. The Balaban J connectivity index is 4.28. The van der Waals surface area contributed by atoms with Gasteiger partial charge in [0.25, 0.3) is 7.82 Å². The Kier molecular flexibility index (Phi) is 52.6. The highest BCUT2D eigenvalue weighted by atomic mass is 31.2. The van der Waals surface area contributed by atoms with Crippen LogP contribution in [0.25, 0.3) is 0 Å². The Hall–Kier alpha value is -4.11. The first-order chi connectivity index (χ1) is 37.0. The maximum atomic E-state index is 12.8. The van der Waals surface area contributed by atoms with Crippen molar-refractivity contribution in [3.05, 3.63) is 146 Å². The molecule has 9 nitrogen and oxygen atoms in total. The number of phosphoric ester groups is 1. The van der Waals surface area contributed by atoms with Crippen LogP contribution in [0.1, 0.15) is 206 Å². The number of ether oxygens (including phenoxy) is 2. The number of esters is 2. The number of allylic oxidation sites excluding steroid dienone is 24. The molecule has 0 aromatic rings. The van der Waals surface area contributed by atoms with Crippen molar-refractivity contribution in [3.8, 4) is 0 Å². The number of hydrogen-bond donors (Lipinski definition) is 0. The Morgan fingerprint density at radius 2 is 0.750 bits per heavy atom. The monoisotopic (exact) mass is 1070 g/mol. The van der Waals surface area contributed by atoms with E-state index in [0.29, 0.717) is 23.9 Å². The van der Waals surface area contributed by atoms with Crippen LogP contribution in [0.3, 0.4) is 0 Å². The predicted octanol–water partition coefficient (Wildman–Crippen LogP) is 18.1. The Morgan fingerprint density at radius 3 is 1.12 bits per heavy atom. The highest BCUT2D eigenvalue weighted by Gasteiger charge is 2.21. The van der Waals surface area contributed by atoms with E-state index in [9.17, 15) is 19.0 Å². The molecule has 0 saturated carbocycles. The number of quaternary nitrogens is 1. The van der Waals surface area contributed by atoms with Gasteiger partial charge in [-0.2, -0.15) is 0 Å². The molecule has 0 bridgehead atoms. The summed E-state index contributed by atoms with van der Waals surface area (Å²) >= 11 is 0. The number of phosphoric acid groups is 1. The summed E-state index contributed by atoms with van der Waals surface area (Å²) in [6.45, 7) is 4.03. The third-order valence-electron chi connectivity index (χ3n) is 11.8. The van der Waals surface area contributed by atoms with Crippen molar-refractivity contribution in [1.82, 2.24) is 0 Å². The van der Waals surface area contributed by atoms with E-state index < -0.39 is 32.5 Å². The van der Waals surface area contributed by atoms with E-state index in [1.165, 1.54) is 25.7 Å². The maximum absolute atomic E-state index is 12.8. The highest BCUT2D eigenvalue weighted by Crippen LogP contribution is 2.38. The van der Waals surface area contributed by atoms with Crippen molar-refractivity contribution < 1.29 is 42.1 Å². The van der Waals surface area contributed by atoms with Gasteiger partial charge in [0.05, 0.1) is 27.7 Å². The first-order valence-electron chi connectivity index (χ1n) is 29.5. The van der Waals surface area contributed by atoms with Gasteiger partial charge < -0.3 is 27.9 Å². The second-order valence-electron chi connectivity index (χ2n) is 20.3. The lowest BCUT2D eigenvalue weighted by Gasteiger charge is -2.28. The summed E-state index contributed by atoms with van der Waals surface area (Å²) in [5.74, 6) is -0.882. The fraction of sp³-hybridized carbons (Fsp3) is 0.606. The van der Waals surface area contributed by atoms with Crippen LogP contribution in [-0.4, -0.2) is 70.0 Å². The lowest BCUT2D eigenvalue weighted by atomic mass is 10.1. The number of rotatable bonds is 52. The van der Waals surface area contributed by atoms with Gasteiger partial charge in [0.15, 0.2) is 6.10 Å². The van der Waals surface area contributed by atoms with Gasteiger partial charge in [-0.3, -0.25) is 14.2 Å². The van der Waals surface area contributed by atoms with Crippen LogP contribution in [-0.2, 0) is 32.7 Å². The van der Waals surface area contributed by atoms with Crippen molar-refractivity contribution in [2.24, 2.45) is 0 Å². The van der Waals surface area contributed by atoms with Crippen molar-refractivity contribution in [1.29, 1.82) is 0 Å². The van der Waals surface area contributed by atoms with Crippen LogP contribution in [0.5, 0.6) is 0 Å². The molecule has 0 fully saturated rings. The van der Waals surface area contributed by atoms with Crippen LogP contribution in [0.4, 0.5) is 0 Å². The molecule has 0 aliphatic carbocycles. The molecule has 0 aliphatic heterocycles. The molecular formula is C66H108NO8P. The number of likely N-dealkylation sites (N-methyl/N-ethyl adjacent to an activating group) is 1. The Morgan fingerprint density at radius 1 is 0.421 bits per heavy atom. The molecule has 2 unspecified atom stereocenters. The van der Waals surface area contributed by atoms with Gasteiger partial charge in [0, 0.05) is 12.8 Å². The summed E-state index contributed by atoms with van der Waals surface area (Å²) in [5.41, 5.74) is 0. The normalized spacial score (nSPS) is 14.3. The molecule has 0 aromatic heterocycles. The molecule has 0 rings (SSSR count). The zero-order chi connectivity index (χ0) is 55.6. The quantitative estimate of drug-likeness (QED) is 0.0195. The van der Waals surface area contributed by atoms with Gasteiger partial charge in [0.1, 0.15) is 19.8 Å². The lowest BCUT2D eigenvalue weighted by molar-refractivity contribution is -0.870. The van der Waals surface area contributed by atoms with Gasteiger partial charge >= 0.3 is 11.9 Å². The van der Waals surface area contributed by atoms with Crippen LogP contribution < -0.4 is 4.89 Å². The highest BCUT2D eigenvalue weighted by molar-refractivity contribution is 7.45. The van der Waals surface area contributed by atoms with E-state index in [-0.39, 0.29) is 26.1 Å². The van der Waals surface area contributed by atoms with Gasteiger partial charge in [-0.1, -0.05) is 217 Å². The maximum Gasteiger partial charge on any atom is 0.306 e. The van der Waals surface area contributed by atoms with E-state index in [4.69, 9.17) is 18.5 Å². The minimum atomic E-state index is -4.66. The molecule has 430 valence electrons. The van der Waals surface area contributed by atoms with Crippen LogP contribution in [0.2, 0.25) is 0 Å². The van der Waals surface area contributed by atoms with Crippen LogP contribution in [0, 0.1) is 0 Å². The summed E-state index contributed by atoms with van der Waals surface area (Å²) in [5, 5.41) is 0. The zero-order valence-corrected chi connectivity index (χ0v) is 49.5. The van der Waals surface area contributed by atoms with E-state index in [0.717, 1.165) is 141 Å². The van der Waals surface area contributed by atoms with Gasteiger partial charge in [-0.15, -0.1) is 0 Å². The second-order valence-corrected chi connectivity index (χ2v) is 21.7. The number of unbranched alkanes of at least 4 members (excludes halogenated alkanes) is 14. The smallest absolute Gasteiger partial charge is 0.306 e. The summed E-state index contributed by atoms with van der Waals surface area (Å²) in [7, 11) is 1.12. The first-order valence-corrected chi connectivity index (χ1v) is 31.0. The van der Waals surface area contributed by atoms with E-state index in [1.807, 2.05) is 21.1 Å². The van der Waals surface area contributed by atoms with Crippen LogP contribution >= 0.6 is 7.82 Å². The zero-order valence-electron chi connectivity index (χ0n) is 48.6. The van der Waals surface area contributed by atoms with Gasteiger partial charge in [0.2, 0.25) is 0 Å². The predicted molar refractivity (Wildman–Crippen MR) is 323 cm³/mol. The minimum absolute atomic E-state index is 0.0459. The summed E-state index contributed by atoms with van der Waals surface area (Å²) in [4.78, 5) is 37.9. The molecule has 2 atom stereocenters. The summed E-state index contributed by atoms with van der Waals surface area (Å²) in [6, 6.07) is 0. The molecule has 0 spiro atoms. The van der Waals surface area contributed by atoms with E-state index in [1.54, 1.807) is 0 Å². The van der Waals surface area contributed by atoms with Gasteiger partial charge in [-0.05, 0) is 122 Å². The molecule has 10 heteroatoms. The molecule has 0 radical (unpaired) electrons. The summed E-state index contributed by atoms with van der Waals surface area (Å²) in [6.07, 6.45) is 81.7. The standard InChI is InChI=1S/C66H108NO8P/c1-6-8-10-12-14-16-18-20-22-24-26-27-28-29-30-31-32-33-34-35-36-37-38-39-41-43-45-47-49-51-53-55-57-59-66(69)75-64(63-74-76(70,71)73-61-60-67(3,4)5)62-72-65(68)58-56-54-52-50-48-46-44-42-40-25-23-21-19-17-15-13-11-9-7-2/h8,10,14-17,20-23,26-27,29-30,32-33,35-36,38-40,42-43,45,64H,6-7,9,11-13,18-19,24-25,28,31,34,37,41,44,46-63H2,1-5H3/b10-8-,16-14-,17-15-,22-20-,23-21-,27-26-,30-29-,33-32-,36-35-,39-38-,42-40-,45-43-. The fourth-order valence-corrected chi connectivity index (χ4v) is 8.03. The van der Waals surface area contributed by atoms with Gasteiger partial charge in [-0.25, -0.2) is 0 Å². The number of carbonyl (C=O) groups is 2.